The average molecular weight is 290 g/mol. The maximum absolute atomic E-state index is 11.4. The van der Waals surface area contributed by atoms with Crippen molar-refractivity contribution in [2.45, 2.75) is 51.4 Å². The molecular weight excluding hydrogens is 268 g/mol. The number of benzene rings is 1. The van der Waals surface area contributed by atoms with E-state index in [0.29, 0.717) is 18.6 Å². The molecule has 0 saturated carbocycles. The summed E-state index contributed by atoms with van der Waals surface area (Å²) in [6.45, 7) is 3.36. The number of aliphatic hydroxyl groups excluding tert-OH is 1. The Bertz CT molecular complexity index is 505. The number of cyclic esters (lactones) is 1. The standard InChI is InChI=1S/C17H22O4/c1-17(2)20-15(12-16(19)21-17)11-14(18)10-6-9-13-7-4-3-5-8-13/h3-5,7-8,12,14,18H,6,9-11H2,1-2H3. The summed E-state index contributed by atoms with van der Waals surface area (Å²) >= 11 is 0. The van der Waals surface area contributed by atoms with Crippen LogP contribution >= 0.6 is 0 Å². The first-order valence-corrected chi connectivity index (χ1v) is 7.29. The van der Waals surface area contributed by atoms with Crippen LogP contribution in [0.1, 0.15) is 38.7 Å². The van der Waals surface area contributed by atoms with Gasteiger partial charge >= 0.3 is 5.97 Å². The summed E-state index contributed by atoms with van der Waals surface area (Å²) in [5.74, 6) is -0.883. The molecular formula is C17H22O4. The molecule has 0 aromatic heterocycles. The third-order valence-corrected chi connectivity index (χ3v) is 3.28. The molecule has 0 bridgehead atoms. The molecule has 2 rings (SSSR count). The minimum atomic E-state index is -0.953. The summed E-state index contributed by atoms with van der Waals surface area (Å²) in [4.78, 5) is 11.4. The highest BCUT2D eigenvalue weighted by Gasteiger charge is 2.30. The predicted octanol–water partition coefficient (Wildman–Crippen LogP) is 2.95. The average Bonchev–Trinajstić information content (AvgIpc) is 2.37. The van der Waals surface area contributed by atoms with Gasteiger partial charge in [0.2, 0.25) is 5.79 Å². The highest BCUT2D eigenvalue weighted by molar-refractivity contribution is 5.83. The van der Waals surface area contributed by atoms with Crippen molar-refractivity contribution < 1.29 is 19.4 Å². The Hall–Kier alpha value is -1.81. The van der Waals surface area contributed by atoms with Crippen LogP contribution in [0.25, 0.3) is 0 Å². The molecule has 114 valence electrons. The molecule has 1 aromatic rings. The van der Waals surface area contributed by atoms with Gasteiger partial charge in [-0.05, 0) is 24.8 Å². The Morgan fingerprint density at radius 2 is 1.90 bits per heavy atom. The van der Waals surface area contributed by atoms with Gasteiger partial charge in [0.25, 0.3) is 0 Å². The molecule has 1 unspecified atom stereocenters. The molecule has 1 atom stereocenters. The van der Waals surface area contributed by atoms with E-state index in [1.54, 1.807) is 13.8 Å². The SMILES string of the molecule is CC1(C)OC(=O)C=C(CC(O)CCCc2ccccc2)O1. The van der Waals surface area contributed by atoms with E-state index in [4.69, 9.17) is 9.47 Å². The van der Waals surface area contributed by atoms with Crippen LogP contribution < -0.4 is 0 Å². The minimum Gasteiger partial charge on any atom is -0.457 e. The van der Waals surface area contributed by atoms with Gasteiger partial charge in [-0.3, -0.25) is 0 Å². The normalized spacial score (nSPS) is 18.4. The maximum Gasteiger partial charge on any atom is 0.337 e. The topological polar surface area (TPSA) is 55.8 Å². The summed E-state index contributed by atoms with van der Waals surface area (Å²) in [5, 5.41) is 10.1. The second-order valence-electron chi connectivity index (χ2n) is 5.77. The van der Waals surface area contributed by atoms with Crippen LogP contribution in [0.15, 0.2) is 42.2 Å². The summed E-state index contributed by atoms with van der Waals surface area (Å²) < 4.78 is 10.5. The van der Waals surface area contributed by atoms with Gasteiger partial charge in [-0.1, -0.05) is 30.3 Å². The van der Waals surface area contributed by atoms with Crippen molar-refractivity contribution in [1.29, 1.82) is 0 Å². The third-order valence-electron chi connectivity index (χ3n) is 3.28. The molecule has 1 N–H and O–H groups in total. The van der Waals surface area contributed by atoms with Gasteiger partial charge in [0.05, 0.1) is 12.2 Å². The van der Waals surface area contributed by atoms with Gasteiger partial charge < -0.3 is 14.6 Å². The van der Waals surface area contributed by atoms with Crippen molar-refractivity contribution in [3.05, 3.63) is 47.7 Å². The Morgan fingerprint density at radius 1 is 1.19 bits per heavy atom. The van der Waals surface area contributed by atoms with Crippen molar-refractivity contribution in [3.8, 4) is 0 Å². The highest BCUT2D eigenvalue weighted by atomic mass is 16.7. The summed E-state index contributed by atoms with van der Waals surface area (Å²) in [5.41, 5.74) is 1.27. The van der Waals surface area contributed by atoms with Crippen molar-refractivity contribution >= 4 is 5.97 Å². The summed E-state index contributed by atoms with van der Waals surface area (Å²) in [7, 11) is 0. The lowest BCUT2D eigenvalue weighted by Gasteiger charge is -2.31. The Labute approximate surface area is 125 Å². The van der Waals surface area contributed by atoms with Gasteiger partial charge in [-0.25, -0.2) is 4.79 Å². The van der Waals surface area contributed by atoms with Crippen molar-refractivity contribution in [2.75, 3.05) is 0 Å². The number of carbonyl (C=O) groups excluding carboxylic acids is 1. The van der Waals surface area contributed by atoms with Gasteiger partial charge in [-0.2, -0.15) is 0 Å². The van der Waals surface area contributed by atoms with E-state index in [9.17, 15) is 9.90 Å². The molecule has 1 aliphatic rings. The summed E-state index contributed by atoms with van der Waals surface area (Å²) in [6, 6.07) is 10.2. The lowest BCUT2D eigenvalue weighted by atomic mass is 10.0. The number of hydrogen-bond donors (Lipinski definition) is 1. The number of carbonyl (C=O) groups is 1. The third kappa shape index (κ3) is 5.23. The first kappa shape index (κ1) is 15.6. The fourth-order valence-electron chi connectivity index (χ4n) is 2.39. The maximum atomic E-state index is 11.4. The molecule has 4 nitrogen and oxygen atoms in total. The molecule has 4 heteroatoms. The second-order valence-corrected chi connectivity index (χ2v) is 5.77. The van der Waals surface area contributed by atoms with E-state index in [1.165, 1.54) is 11.6 Å². The monoisotopic (exact) mass is 290 g/mol. The zero-order valence-corrected chi connectivity index (χ0v) is 12.5. The molecule has 0 amide bonds. The zero-order chi connectivity index (χ0) is 15.3. The van der Waals surface area contributed by atoms with Crippen LogP contribution in [0.3, 0.4) is 0 Å². The van der Waals surface area contributed by atoms with Crippen LogP contribution in [-0.4, -0.2) is 23.0 Å². The largest absolute Gasteiger partial charge is 0.457 e. The highest BCUT2D eigenvalue weighted by Crippen LogP contribution is 2.25. The first-order valence-electron chi connectivity index (χ1n) is 7.29. The Balaban J connectivity index is 1.77. The van der Waals surface area contributed by atoms with Gasteiger partial charge in [-0.15, -0.1) is 0 Å². The second kappa shape index (κ2) is 6.76. The molecule has 0 spiro atoms. The van der Waals surface area contributed by atoms with Crippen LogP contribution in [0, 0.1) is 0 Å². The molecule has 0 saturated heterocycles. The fourth-order valence-corrected chi connectivity index (χ4v) is 2.39. The molecule has 21 heavy (non-hydrogen) atoms. The number of esters is 1. The molecule has 0 radical (unpaired) electrons. The van der Waals surface area contributed by atoms with E-state index in [-0.39, 0.29) is 0 Å². The van der Waals surface area contributed by atoms with Crippen LogP contribution in [0.5, 0.6) is 0 Å². The van der Waals surface area contributed by atoms with Crippen LogP contribution in [0.4, 0.5) is 0 Å². The number of hydrogen-bond acceptors (Lipinski definition) is 4. The quantitative estimate of drug-likeness (QED) is 0.818. The van der Waals surface area contributed by atoms with E-state index >= 15 is 0 Å². The summed E-state index contributed by atoms with van der Waals surface area (Å²) in [6.07, 6.45) is 3.64. The number of aliphatic hydroxyl groups is 1. The van der Waals surface area contributed by atoms with E-state index < -0.39 is 17.9 Å². The molecule has 0 aliphatic carbocycles. The lowest BCUT2D eigenvalue weighted by Crippen LogP contribution is -2.35. The Morgan fingerprint density at radius 3 is 2.57 bits per heavy atom. The Kier molecular flexibility index (Phi) is 5.02. The van der Waals surface area contributed by atoms with Gasteiger partial charge in [0.15, 0.2) is 0 Å². The molecule has 0 fully saturated rings. The fraction of sp³-hybridized carbons (Fsp3) is 0.471. The van der Waals surface area contributed by atoms with Gasteiger partial charge in [0.1, 0.15) is 5.76 Å². The van der Waals surface area contributed by atoms with E-state index in [0.717, 1.165) is 12.8 Å². The molecule has 1 aromatic carbocycles. The van der Waals surface area contributed by atoms with Crippen molar-refractivity contribution in [1.82, 2.24) is 0 Å². The molecule has 1 heterocycles. The van der Waals surface area contributed by atoms with Crippen LogP contribution in [-0.2, 0) is 20.7 Å². The smallest absolute Gasteiger partial charge is 0.337 e. The predicted molar refractivity (Wildman–Crippen MR) is 79.3 cm³/mol. The van der Waals surface area contributed by atoms with Crippen molar-refractivity contribution in [2.24, 2.45) is 0 Å². The molecule has 1 aliphatic heterocycles. The minimum absolute atomic E-state index is 0.341. The van der Waals surface area contributed by atoms with Crippen molar-refractivity contribution in [3.63, 3.8) is 0 Å². The number of aryl methyl sites for hydroxylation is 1. The first-order chi connectivity index (χ1) is 9.94. The van der Waals surface area contributed by atoms with Gasteiger partial charge in [0, 0.05) is 20.3 Å². The lowest BCUT2D eigenvalue weighted by molar-refractivity contribution is -0.206. The van der Waals surface area contributed by atoms with Crippen LogP contribution in [0.2, 0.25) is 0 Å². The van der Waals surface area contributed by atoms with E-state index in [2.05, 4.69) is 12.1 Å². The number of ether oxygens (including phenoxy) is 2. The number of rotatable bonds is 6. The zero-order valence-electron chi connectivity index (χ0n) is 12.5. The van der Waals surface area contributed by atoms with E-state index in [1.807, 2.05) is 18.2 Å².